The number of carboxylic acid groups (broad SMARTS) is 1. The minimum atomic E-state index is -5.93. The largest absolute Gasteiger partial charge is 0.545 e. The predicted molar refractivity (Wildman–Crippen MR) is 54.5 cm³/mol. The van der Waals surface area contributed by atoms with Gasteiger partial charge >= 0.3 is 18.1 Å². The molecule has 0 amide bonds. The third-order valence-corrected chi connectivity index (χ3v) is 2.75. The van der Waals surface area contributed by atoms with Crippen LogP contribution in [0.1, 0.15) is 20.8 Å². The summed E-state index contributed by atoms with van der Waals surface area (Å²) < 4.78 is 68.2. The summed E-state index contributed by atoms with van der Waals surface area (Å²) in [6.07, 6.45) is -5.57. The Balaban J connectivity index is 5.44. The number of hydrogen-bond acceptors (Lipinski definition) is 4. The molecule has 0 aliphatic heterocycles. The first-order valence-corrected chi connectivity index (χ1v) is 5.32. The molecule has 0 N–H and O–H groups in total. The standard InChI is InChI=1S/C11H13F5O4/c1-6(2)9(3,10(12,13)11(14,15)16)20-8(19)5-4-7(17)18/h4-6H,1-3H3,(H,17,18)/p-1/b5-4+. The van der Waals surface area contributed by atoms with Crippen LogP contribution in [-0.4, -0.2) is 29.6 Å². The zero-order valence-electron chi connectivity index (χ0n) is 10.8. The molecular formula is C11H12F5O4-. The monoisotopic (exact) mass is 303 g/mol. The van der Waals surface area contributed by atoms with Crippen LogP contribution < -0.4 is 5.11 Å². The fourth-order valence-electron chi connectivity index (χ4n) is 1.20. The smallest absolute Gasteiger partial charge is 0.457 e. The van der Waals surface area contributed by atoms with Gasteiger partial charge in [-0.2, -0.15) is 22.0 Å². The van der Waals surface area contributed by atoms with Gasteiger partial charge in [0, 0.05) is 6.08 Å². The number of aliphatic carboxylic acids is 1. The molecule has 116 valence electrons. The van der Waals surface area contributed by atoms with Gasteiger partial charge in [-0.15, -0.1) is 0 Å². The number of carboxylic acids is 1. The molecule has 0 heterocycles. The van der Waals surface area contributed by atoms with Crippen molar-refractivity contribution >= 4 is 11.9 Å². The van der Waals surface area contributed by atoms with E-state index in [-0.39, 0.29) is 12.2 Å². The number of hydrogen-bond donors (Lipinski definition) is 0. The van der Waals surface area contributed by atoms with Crippen LogP contribution in [0.25, 0.3) is 0 Å². The van der Waals surface area contributed by atoms with E-state index in [9.17, 15) is 36.6 Å². The van der Waals surface area contributed by atoms with Gasteiger partial charge in [0.25, 0.3) is 0 Å². The van der Waals surface area contributed by atoms with Crippen molar-refractivity contribution in [1.82, 2.24) is 0 Å². The average Bonchev–Trinajstić information content (AvgIpc) is 2.24. The van der Waals surface area contributed by atoms with Gasteiger partial charge in [0.15, 0.2) is 5.60 Å². The second kappa shape index (κ2) is 5.76. The molecule has 0 aliphatic carbocycles. The van der Waals surface area contributed by atoms with Gasteiger partial charge < -0.3 is 14.6 Å². The second-order valence-electron chi connectivity index (χ2n) is 4.41. The Bertz CT molecular complexity index is 414. The van der Waals surface area contributed by atoms with Crippen LogP contribution in [0.5, 0.6) is 0 Å². The molecule has 0 aromatic heterocycles. The molecule has 1 unspecified atom stereocenters. The van der Waals surface area contributed by atoms with Crippen molar-refractivity contribution in [3.63, 3.8) is 0 Å². The van der Waals surface area contributed by atoms with E-state index in [4.69, 9.17) is 0 Å². The molecule has 9 heteroatoms. The number of carbonyl (C=O) groups excluding carboxylic acids is 2. The van der Waals surface area contributed by atoms with Crippen LogP contribution in [0, 0.1) is 5.92 Å². The van der Waals surface area contributed by atoms with E-state index in [1.807, 2.05) is 0 Å². The number of alkyl halides is 5. The van der Waals surface area contributed by atoms with Crippen LogP contribution in [0.4, 0.5) is 22.0 Å². The molecule has 0 radical (unpaired) electrons. The summed E-state index contributed by atoms with van der Waals surface area (Å²) in [5, 5.41) is 10.0. The SMILES string of the molecule is CC(C)C(C)(OC(=O)/C=C/C(=O)[O-])C(F)(F)C(F)(F)F. The summed E-state index contributed by atoms with van der Waals surface area (Å²) in [6, 6.07) is 0. The topological polar surface area (TPSA) is 66.4 Å². The average molecular weight is 303 g/mol. The molecule has 20 heavy (non-hydrogen) atoms. The lowest BCUT2D eigenvalue weighted by molar-refractivity contribution is -0.346. The van der Waals surface area contributed by atoms with Crippen LogP contribution >= 0.6 is 0 Å². The van der Waals surface area contributed by atoms with Gasteiger partial charge in [-0.1, -0.05) is 13.8 Å². The number of carbonyl (C=O) groups is 2. The van der Waals surface area contributed by atoms with Crippen molar-refractivity contribution in [3.05, 3.63) is 12.2 Å². The molecule has 0 bridgehead atoms. The lowest BCUT2D eigenvalue weighted by Crippen LogP contribution is -2.60. The third-order valence-electron chi connectivity index (χ3n) is 2.75. The molecule has 0 aromatic rings. The molecule has 4 nitrogen and oxygen atoms in total. The van der Waals surface area contributed by atoms with Gasteiger partial charge in [-0.3, -0.25) is 0 Å². The quantitative estimate of drug-likeness (QED) is 0.438. The lowest BCUT2D eigenvalue weighted by Gasteiger charge is -2.40. The van der Waals surface area contributed by atoms with E-state index < -0.39 is 35.6 Å². The maximum atomic E-state index is 13.4. The summed E-state index contributed by atoms with van der Waals surface area (Å²) in [5.74, 6) is -10.2. The molecule has 1 atom stereocenters. The van der Waals surface area contributed by atoms with Crippen LogP contribution in [0.2, 0.25) is 0 Å². The molecular weight excluding hydrogens is 291 g/mol. The van der Waals surface area contributed by atoms with E-state index in [2.05, 4.69) is 4.74 Å². The van der Waals surface area contributed by atoms with Crippen LogP contribution in [0.3, 0.4) is 0 Å². The van der Waals surface area contributed by atoms with Gasteiger partial charge in [-0.25, -0.2) is 4.79 Å². The van der Waals surface area contributed by atoms with Gasteiger partial charge in [0.2, 0.25) is 0 Å². The second-order valence-corrected chi connectivity index (χ2v) is 4.41. The molecule has 0 fully saturated rings. The van der Waals surface area contributed by atoms with E-state index in [0.29, 0.717) is 6.92 Å². The highest BCUT2D eigenvalue weighted by atomic mass is 19.4. The first kappa shape index (κ1) is 18.3. The Labute approximate surface area is 111 Å². The Hall–Kier alpha value is -1.67. The minimum Gasteiger partial charge on any atom is -0.545 e. The Kier molecular flexibility index (Phi) is 5.28. The maximum absolute atomic E-state index is 13.4. The molecule has 0 saturated heterocycles. The highest BCUT2D eigenvalue weighted by Crippen LogP contribution is 2.48. The summed E-state index contributed by atoms with van der Waals surface area (Å²) in [4.78, 5) is 21.2. The van der Waals surface area contributed by atoms with Crippen LogP contribution in [0.15, 0.2) is 12.2 Å². The highest BCUT2D eigenvalue weighted by Gasteiger charge is 2.71. The Morgan fingerprint density at radius 1 is 1.10 bits per heavy atom. The fraction of sp³-hybridized carbons (Fsp3) is 0.636. The highest BCUT2D eigenvalue weighted by molar-refractivity contribution is 5.90. The first-order chi connectivity index (χ1) is 8.75. The Morgan fingerprint density at radius 3 is 1.85 bits per heavy atom. The molecule has 0 saturated carbocycles. The van der Waals surface area contributed by atoms with E-state index >= 15 is 0 Å². The number of esters is 1. The van der Waals surface area contributed by atoms with Gasteiger partial charge in [0.05, 0.1) is 5.97 Å². The summed E-state index contributed by atoms with van der Waals surface area (Å²) in [6.45, 7) is 2.45. The van der Waals surface area contributed by atoms with E-state index in [1.165, 1.54) is 0 Å². The van der Waals surface area contributed by atoms with Crippen molar-refractivity contribution in [2.24, 2.45) is 5.92 Å². The van der Waals surface area contributed by atoms with Crippen molar-refractivity contribution in [3.8, 4) is 0 Å². The lowest BCUT2D eigenvalue weighted by atomic mass is 9.85. The zero-order valence-corrected chi connectivity index (χ0v) is 10.8. The normalized spacial score (nSPS) is 16.2. The van der Waals surface area contributed by atoms with Gasteiger partial charge in [0.1, 0.15) is 0 Å². The number of ether oxygens (including phenoxy) is 1. The summed E-state index contributed by atoms with van der Waals surface area (Å²) >= 11 is 0. The van der Waals surface area contributed by atoms with Crippen molar-refractivity contribution in [2.75, 3.05) is 0 Å². The molecule has 0 rings (SSSR count). The summed E-state index contributed by atoms with van der Waals surface area (Å²) in [7, 11) is 0. The van der Waals surface area contributed by atoms with E-state index in [1.54, 1.807) is 0 Å². The maximum Gasteiger partial charge on any atom is 0.457 e. The molecule has 0 spiro atoms. The first-order valence-electron chi connectivity index (χ1n) is 5.32. The van der Waals surface area contributed by atoms with Crippen molar-refractivity contribution in [1.29, 1.82) is 0 Å². The zero-order chi connectivity index (χ0) is 16.4. The Morgan fingerprint density at radius 2 is 1.55 bits per heavy atom. The molecule has 0 aliphatic rings. The fourth-order valence-corrected chi connectivity index (χ4v) is 1.20. The minimum absolute atomic E-state index is 0.162. The summed E-state index contributed by atoms with van der Waals surface area (Å²) in [5.41, 5.74) is -3.18. The molecule has 0 aromatic carbocycles. The van der Waals surface area contributed by atoms with Gasteiger partial charge in [-0.05, 0) is 18.9 Å². The predicted octanol–water partition coefficient (Wildman–Crippen LogP) is 1.45. The van der Waals surface area contributed by atoms with Crippen molar-refractivity contribution < 1.29 is 41.4 Å². The number of rotatable bonds is 5. The van der Waals surface area contributed by atoms with Crippen LogP contribution in [-0.2, 0) is 14.3 Å². The number of halogens is 5. The third kappa shape index (κ3) is 3.67. The van der Waals surface area contributed by atoms with E-state index in [0.717, 1.165) is 13.8 Å². The van der Waals surface area contributed by atoms with Crippen molar-refractivity contribution in [2.45, 2.75) is 38.5 Å².